The molecule has 132 valence electrons. The summed E-state index contributed by atoms with van der Waals surface area (Å²) in [5, 5.41) is 6.59. The van der Waals surface area contributed by atoms with Crippen molar-refractivity contribution in [2.24, 2.45) is 0 Å². The van der Waals surface area contributed by atoms with Gasteiger partial charge in [-0.1, -0.05) is 46.9 Å². The topological polar surface area (TPSA) is 61.4 Å². The van der Waals surface area contributed by atoms with Crippen LogP contribution in [0.3, 0.4) is 0 Å². The smallest absolute Gasteiger partial charge is 0.238 e. The molecule has 0 heterocycles. The summed E-state index contributed by atoms with van der Waals surface area (Å²) in [6.45, 7) is 0.0424. The fraction of sp³-hybridized carbons (Fsp3) is 0.176. The molecule has 0 saturated heterocycles. The van der Waals surface area contributed by atoms with E-state index in [1.807, 2.05) is 0 Å². The lowest BCUT2D eigenvalue weighted by Crippen LogP contribution is -2.36. The third-order valence-corrected chi connectivity index (χ3v) is 4.03. The molecule has 0 saturated carbocycles. The van der Waals surface area contributed by atoms with E-state index < -0.39 is 0 Å². The minimum atomic E-state index is -0.326. The molecule has 2 aromatic rings. The first-order chi connectivity index (χ1) is 11.8. The van der Waals surface area contributed by atoms with Crippen molar-refractivity contribution in [1.82, 2.24) is 4.90 Å². The molecule has 5 nitrogen and oxygen atoms in total. The van der Waals surface area contributed by atoms with Crippen LogP contribution in [0.5, 0.6) is 0 Å². The molecular formula is C17H16Cl3N3O2. The van der Waals surface area contributed by atoms with Gasteiger partial charge in [0.1, 0.15) is 0 Å². The second-order valence-corrected chi connectivity index (χ2v) is 6.63. The molecule has 0 atom stereocenters. The SMILES string of the molecule is CN(CC(=O)Nc1cccc(Cl)c1)CC(=O)Nc1c(Cl)cccc1Cl. The highest BCUT2D eigenvalue weighted by Gasteiger charge is 2.14. The van der Waals surface area contributed by atoms with Crippen LogP contribution >= 0.6 is 34.8 Å². The van der Waals surface area contributed by atoms with Gasteiger partial charge in [-0.05, 0) is 37.4 Å². The van der Waals surface area contributed by atoms with Crippen LogP contribution in [0.25, 0.3) is 0 Å². The van der Waals surface area contributed by atoms with Crippen molar-refractivity contribution in [2.45, 2.75) is 0 Å². The molecule has 2 amide bonds. The number of nitrogens with one attached hydrogen (secondary N) is 2. The van der Waals surface area contributed by atoms with E-state index in [0.717, 1.165) is 0 Å². The van der Waals surface area contributed by atoms with Crippen molar-refractivity contribution >= 4 is 58.0 Å². The molecule has 0 radical (unpaired) electrons. The lowest BCUT2D eigenvalue weighted by molar-refractivity contribution is -0.119. The maximum Gasteiger partial charge on any atom is 0.238 e. The zero-order valence-corrected chi connectivity index (χ0v) is 15.6. The number of para-hydroxylation sites is 1. The lowest BCUT2D eigenvalue weighted by Gasteiger charge is -2.17. The first-order valence-electron chi connectivity index (χ1n) is 7.33. The van der Waals surface area contributed by atoms with Crippen LogP contribution in [0.2, 0.25) is 15.1 Å². The highest BCUT2D eigenvalue weighted by molar-refractivity contribution is 6.39. The molecule has 0 aliphatic carbocycles. The van der Waals surface area contributed by atoms with Gasteiger partial charge < -0.3 is 10.6 Å². The summed E-state index contributed by atoms with van der Waals surface area (Å²) in [7, 11) is 1.66. The van der Waals surface area contributed by atoms with Crippen molar-refractivity contribution in [1.29, 1.82) is 0 Å². The number of anilines is 2. The summed E-state index contributed by atoms with van der Waals surface area (Å²) in [6, 6.07) is 11.8. The summed E-state index contributed by atoms with van der Waals surface area (Å²) in [5.41, 5.74) is 0.950. The molecule has 0 bridgehead atoms. The Labute approximate surface area is 160 Å². The number of nitrogens with zero attached hydrogens (tertiary/aromatic N) is 1. The molecule has 25 heavy (non-hydrogen) atoms. The maximum absolute atomic E-state index is 12.1. The fourth-order valence-corrected chi connectivity index (χ4v) is 2.79. The Balaban J connectivity index is 1.86. The minimum Gasteiger partial charge on any atom is -0.325 e. The quantitative estimate of drug-likeness (QED) is 0.765. The highest BCUT2D eigenvalue weighted by Crippen LogP contribution is 2.29. The molecule has 0 fully saturated rings. The van der Waals surface area contributed by atoms with Gasteiger partial charge in [0.05, 0.1) is 28.8 Å². The van der Waals surface area contributed by atoms with Crippen LogP contribution in [0.1, 0.15) is 0 Å². The van der Waals surface area contributed by atoms with Crippen molar-refractivity contribution in [2.75, 3.05) is 30.8 Å². The van der Waals surface area contributed by atoms with Crippen molar-refractivity contribution < 1.29 is 9.59 Å². The Morgan fingerprint density at radius 1 is 0.920 bits per heavy atom. The van der Waals surface area contributed by atoms with Gasteiger partial charge in [0.25, 0.3) is 0 Å². The average molecular weight is 401 g/mol. The molecular weight excluding hydrogens is 385 g/mol. The van der Waals surface area contributed by atoms with Crippen LogP contribution in [0.4, 0.5) is 11.4 Å². The third kappa shape index (κ3) is 6.21. The summed E-state index contributed by atoms with van der Waals surface area (Å²) < 4.78 is 0. The van der Waals surface area contributed by atoms with Crippen LogP contribution in [-0.4, -0.2) is 36.9 Å². The maximum atomic E-state index is 12.1. The average Bonchev–Trinajstić information content (AvgIpc) is 2.50. The zero-order valence-electron chi connectivity index (χ0n) is 13.4. The number of hydrogen-bond acceptors (Lipinski definition) is 3. The molecule has 2 aromatic carbocycles. The molecule has 2 rings (SSSR count). The fourth-order valence-electron chi connectivity index (χ4n) is 2.11. The number of halogens is 3. The molecule has 0 aromatic heterocycles. The van der Waals surface area contributed by atoms with E-state index in [-0.39, 0.29) is 24.9 Å². The Bertz CT molecular complexity index is 763. The summed E-state index contributed by atoms with van der Waals surface area (Å²) in [6.07, 6.45) is 0. The summed E-state index contributed by atoms with van der Waals surface area (Å²) >= 11 is 17.9. The predicted octanol–water partition coefficient (Wildman–Crippen LogP) is 4.16. The van der Waals surface area contributed by atoms with Crippen molar-refractivity contribution in [3.8, 4) is 0 Å². The third-order valence-electron chi connectivity index (χ3n) is 3.16. The minimum absolute atomic E-state index is 0.00448. The van der Waals surface area contributed by atoms with Crippen LogP contribution in [-0.2, 0) is 9.59 Å². The van der Waals surface area contributed by atoms with Crippen LogP contribution in [0.15, 0.2) is 42.5 Å². The zero-order chi connectivity index (χ0) is 18.4. The van der Waals surface area contributed by atoms with E-state index in [1.54, 1.807) is 54.4 Å². The molecule has 8 heteroatoms. The van der Waals surface area contributed by atoms with Gasteiger partial charge in [-0.15, -0.1) is 0 Å². The Morgan fingerprint density at radius 2 is 1.48 bits per heavy atom. The van der Waals surface area contributed by atoms with Gasteiger partial charge in [0, 0.05) is 10.7 Å². The lowest BCUT2D eigenvalue weighted by atomic mass is 10.3. The number of carbonyl (C=O) groups excluding carboxylic acids is 2. The Morgan fingerprint density at radius 3 is 2.08 bits per heavy atom. The first-order valence-corrected chi connectivity index (χ1v) is 8.46. The van der Waals surface area contributed by atoms with E-state index in [4.69, 9.17) is 34.8 Å². The number of carbonyl (C=O) groups is 2. The van der Waals surface area contributed by atoms with Gasteiger partial charge in [-0.2, -0.15) is 0 Å². The van der Waals surface area contributed by atoms with Crippen molar-refractivity contribution in [3.63, 3.8) is 0 Å². The monoisotopic (exact) mass is 399 g/mol. The van der Waals surface area contributed by atoms with E-state index in [0.29, 0.717) is 26.4 Å². The van der Waals surface area contributed by atoms with Gasteiger partial charge in [0.2, 0.25) is 11.8 Å². The number of amides is 2. The molecule has 0 spiro atoms. The van der Waals surface area contributed by atoms with E-state index in [2.05, 4.69) is 10.6 Å². The Hall–Kier alpha value is -1.79. The number of rotatable bonds is 6. The molecule has 0 aliphatic heterocycles. The van der Waals surface area contributed by atoms with E-state index in [1.165, 1.54) is 0 Å². The Kier molecular flexibility index (Phi) is 7.08. The molecule has 2 N–H and O–H groups in total. The summed E-state index contributed by atoms with van der Waals surface area (Å²) in [4.78, 5) is 25.7. The van der Waals surface area contributed by atoms with Crippen molar-refractivity contribution in [3.05, 3.63) is 57.5 Å². The van der Waals surface area contributed by atoms with Gasteiger partial charge in [-0.3, -0.25) is 14.5 Å². The standard InChI is InChI=1S/C17H16Cl3N3O2/c1-23(9-15(24)21-12-5-2-4-11(18)8-12)10-16(25)22-17-13(19)6-3-7-14(17)20/h2-8H,9-10H2,1H3,(H,21,24)(H,22,25). The van der Waals surface area contributed by atoms with Gasteiger partial charge in [-0.25, -0.2) is 0 Å². The normalized spacial score (nSPS) is 10.6. The van der Waals surface area contributed by atoms with Crippen LogP contribution in [0, 0.1) is 0 Å². The van der Waals surface area contributed by atoms with E-state index >= 15 is 0 Å². The first kappa shape index (κ1) is 19.5. The van der Waals surface area contributed by atoms with Gasteiger partial charge in [0.15, 0.2) is 0 Å². The molecule has 0 aliphatic rings. The second-order valence-electron chi connectivity index (χ2n) is 5.38. The van der Waals surface area contributed by atoms with Gasteiger partial charge >= 0.3 is 0 Å². The largest absolute Gasteiger partial charge is 0.325 e. The number of likely N-dealkylation sites (N-methyl/N-ethyl adjacent to an activating group) is 1. The van der Waals surface area contributed by atoms with E-state index in [9.17, 15) is 9.59 Å². The number of benzene rings is 2. The summed E-state index contributed by atoms with van der Waals surface area (Å²) in [5.74, 6) is -0.582. The number of hydrogen-bond donors (Lipinski definition) is 2. The highest BCUT2D eigenvalue weighted by atomic mass is 35.5. The predicted molar refractivity (Wildman–Crippen MR) is 103 cm³/mol. The second kappa shape index (κ2) is 9.06. The van der Waals surface area contributed by atoms with Crippen LogP contribution < -0.4 is 10.6 Å². The molecule has 0 unspecified atom stereocenters.